The summed E-state index contributed by atoms with van der Waals surface area (Å²) in [5.74, 6) is 2.18. The van der Waals surface area contributed by atoms with Crippen LogP contribution in [-0.2, 0) is 24.2 Å². The Morgan fingerprint density at radius 3 is 2.66 bits per heavy atom. The Labute approximate surface area is 184 Å². The smallest absolute Gasteiger partial charge is 0.242 e. The average Bonchev–Trinajstić information content (AvgIpc) is 3.14. The summed E-state index contributed by atoms with van der Waals surface area (Å²) in [7, 11) is 0. The van der Waals surface area contributed by atoms with Crippen molar-refractivity contribution in [3.63, 3.8) is 0 Å². The molecule has 7 nitrogen and oxygen atoms in total. The Balaban J connectivity index is 0.00000150. The minimum atomic E-state index is -0.284. The van der Waals surface area contributed by atoms with Crippen molar-refractivity contribution in [2.45, 2.75) is 50.7 Å². The number of benzene rings is 1. The number of halogens is 2. The number of carbonyl (C=O) groups excluding carboxylic acids is 1. The molecule has 1 saturated heterocycles. The van der Waals surface area contributed by atoms with Gasteiger partial charge in [-0.25, -0.2) is 9.67 Å². The SMILES string of the molecule is Cl.Cl.N[C@H](Cc1ccccc1)c1nc(CC2CC2)nn1CC(=O)N[C@H]1CCNC1. The molecule has 1 aromatic heterocycles. The molecule has 2 aromatic rings. The van der Waals surface area contributed by atoms with Gasteiger partial charge in [-0.05, 0) is 43.7 Å². The van der Waals surface area contributed by atoms with Gasteiger partial charge in [-0.3, -0.25) is 4.79 Å². The Hall–Kier alpha value is -1.67. The van der Waals surface area contributed by atoms with Crippen molar-refractivity contribution in [2.75, 3.05) is 13.1 Å². The average molecular weight is 441 g/mol. The number of nitrogens with two attached hydrogens (primary N) is 1. The van der Waals surface area contributed by atoms with Crippen LogP contribution in [0.3, 0.4) is 0 Å². The molecule has 2 fully saturated rings. The van der Waals surface area contributed by atoms with Crippen molar-refractivity contribution in [1.82, 2.24) is 25.4 Å². The maximum atomic E-state index is 12.5. The first-order valence-electron chi connectivity index (χ1n) is 9.90. The second-order valence-electron chi connectivity index (χ2n) is 7.74. The molecule has 4 N–H and O–H groups in total. The third kappa shape index (κ3) is 6.67. The molecule has 0 radical (unpaired) electrons. The summed E-state index contributed by atoms with van der Waals surface area (Å²) in [6, 6.07) is 10.1. The molecule has 160 valence electrons. The molecule has 0 spiro atoms. The number of nitrogens with zero attached hydrogens (tertiary/aromatic N) is 3. The van der Waals surface area contributed by atoms with Gasteiger partial charge in [0.05, 0.1) is 6.04 Å². The van der Waals surface area contributed by atoms with E-state index in [4.69, 9.17) is 10.7 Å². The van der Waals surface area contributed by atoms with E-state index in [0.717, 1.165) is 37.3 Å². The number of hydrogen-bond donors (Lipinski definition) is 3. The number of nitrogens with one attached hydrogen (secondary N) is 2. The van der Waals surface area contributed by atoms with Crippen LogP contribution in [-0.4, -0.2) is 39.8 Å². The Morgan fingerprint density at radius 1 is 1.24 bits per heavy atom. The predicted molar refractivity (Wildman–Crippen MR) is 117 cm³/mol. The van der Waals surface area contributed by atoms with Gasteiger partial charge in [-0.2, -0.15) is 5.10 Å². The molecule has 1 saturated carbocycles. The fourth-order valence-corrected chi connectivity index (χ4v) is 3.61. The van der Waals surface area contributed by atoms with E-state index < -0.39 is 0 Å². The van der Waals surface area contributed by atoms with E-state index in [1.807, 2.05) is 18.2 Å². The number of amides is 1. The highest BCUT2D eigenvalue weighted by atomic mass is 35.5. The Morgan fingerprint density at radius 2 is 2.00 bits per heavy atom. The molecule has 1 amide bonds. The Bertz CT molecular complexity index is 775. The molecule has 1 aliphatic carbocycles. The lowest BCUT2D eigenvalue weighted by molar-refractivity contribution is -0.122. The normalized spacial score (nSPS) is 19.1. The second-order valence-corrected chi connectivity index (χ2v) is 7.74. The molecule has 1 aliphatic heterocycles. The maximum Gasteiger partial charge on any atom is 0.242 e. The molecule has 2 heterocycles. The van der Waals surface area contributed by atoms with Crippen molar-refractivity contribution < 1.29 is 4.79 Å². The first-order valence-corrected chi connectivity index (χ1v) is 9.90. The topological polar surface area (TPSA) is 97.9 Å². The zero-order valence-electron chi connectivity index (χ0n) is 16.4. The molecule has 0 unspecified atom stereocenters. The molecule has 1 aromatic carbocycles. The van der Waals surface area contributed by atoms with Gasteiger partial charge in [0.25, 0.3) is 0 Å². The summed E-state index contributed by atoms with van der Waals surface area (Å²) in [5.41, 5.74) is 7.62. The molecular formula is C20H30Cl2N6O. The van der Waals surface area contributed by atoms with Gasteiger partial charge in [0.1, 0.15) is 12.4 Å². The van der Waals surface area contributed by atoms with Crippen LogP contribution < -0.4 is 16.4 Å². The van der Waals surface area contributed by atoms with Crippen molar-refractivity contribution in [1.29, 1.82) is 0 Å². The summed E-state index contributed by atoms with van der Waals surface area (Å²) in [4.78, 5) is 17.2. The lowest BCUT2D eigenvalue weighted by atomic mass is 10.1. The summed E-state index contributed by atoms with van der Waals surface area (Å²) in [6.07, 6.45) is 5.02. The van der Waals surface area contributed by atoms with E-state index >= 15 is 0 Å². The summed E-state index contributed by atoms with van der Waals surface area (Å²) in [6.45, 7) is 1.95. The highest BCUT2D eigenvalue weighted by Crippen LogP contribution is 2.32. The highest BCUT2D eigenvalue weighted by molar-refractivity contribution is 5.85. The Kier molecular flexibility index (Phi) is 8.89. The van der Waals surface area contributed by atoms with E-state index in [9.17, 15) is 4.79 Å². The first-order chi connectivity index (χ1) is 13.2. The molecular weight excluding hydrogens is 411 g/mol. The van der Waals surface area contributed by atoms with Crippen LogP contribution in [0.5, 0.6) is 0 Å². The fraction of sp³-hybridized carbons (Fsp3) is 0.550. The lowest BCUT2D eigenvalue weighted by Crippen LogP contribution is -2.39. The van der Waals surface area contributed by atoms with Crippen molar-refractivity contribution >= 4 is 30.7 Å². The monoisotopic (exact) mass is 440 g/mol. The third-order valence-corrected chi connectivity index (χ3v) is 5.26. The van der Waals surface area contributed by atoms with E-state index in [0.29, 0.717) is 18.2 Å². The molecule has 2 atom stereocenters. The zero-order chi connectivity index (χ0) is 18.6. The zero-order valence-corrected chi connectivity index (χ0v) is 18.1. The molecule has 2 aliphatic rings. The van der Waals surface area contributed by atoms with Crippen LogP contribution in [0.4, 0.5) is 0 Å². The van der Waals surface area contributed by atoms with Gasteiger partial charge >= 0.3 is 0 Å². The quantitative estimate of drug-likeness (QED) is 0.581. The first kappa shape index (κ1) is 23.6. The van der Waals surface area contributed by atoms with Gasteiger partial charge in [-0.15, -0.1) is 24.8 Å². The van der Waals surface area contributed by atoms with E-state index in [1.165, 1.54) is 12.8 Å². The number of carbonyl (C=O) groups is 1. The second kappa shape index (κ2) is 10.9. The predicted octanol–water partition coefficient (Wildman–Crippen LogP) is 1.79. The van der Waals surface area contributed by atoms with Gasteiger partial charge in [0.2, 0.25) is 5.91 Å². The summed E-state index contributed by atoms with van der Waals surface area (Å²) >= 11 is 0. The van der Waals surface area contributed by atoms with Gasteiger partial charge in [-0.1, -0.05) is 30.3 Å². The molecule has 29 heavy (non-hydrogen) atoms. The van der Waals surface area contributed by atoms with Crippen molar-refractivity contribution in [3.05, 3.63) is 47.5 Å². The van der Waals surface area contributed by atoms with Crippen molar-refractivity contribution in [2.24, 2.45) is 11.7 Å². The van der Waals surface area contributed by atoms with Gasteiger partial charge in [0.15, 0.2) is 5.82 Å². The van der Waals surface area contributed by atoms with E-state index in [-0.39, 0.29) is 49.3 Å². The van der Waals surface area contributed by atoms with Crippen LogP contribution >= 0.6 is 24.8 Å². The van der Waals surface area contributed by atoms with E-state index in [1.54, 1.807) is 4.68 Å². The van der Waals surface area contributed by atoms with Crippen LogP contribution in [0, 0.1) is 5.92 Å². The fourth-order valence-electron chi connectivity index (χ4n) is 3.61. The summed E-state index contributed by atoms with van der Waals surface area (Å²) in [5, 5.41) is 11.0. The summed E-state index contributed by atoms with van der Waals surface area (Å²) < 4.78 is 1.71. The minimum absolute atomic E-state index is 0. The number of rotatable bonds is 8. The van der Waals surface area contributed by atoms with Gasteiger partial charge in [0, 0.05) is 19.0 Å². The van der Waals surface area contributed by atoms with Crippen LogP contribution in [0.1, 0.15) is 42.5 Å². The van der Waals surface area contributed by atoms with Crippen LogP contribution in [0.2, 0.25) is 0 Å². The van der Waals surface area contributed by atoms with E-state index in [2.05, 4.69) is 27.9 Å². The standard InChI is InChI=1S/C20H28N6O.2ClH/c21-17(10-14-4-2-1-3-5-14)20-24-18(11-15-6-7-15)25-26(20)13-19(27)23-16-8-9-22-12-16;;/h1-5,15-17,22H,6-13,21H2,(H,23,27);2*1H/t16-,17+;;/m0../s1. The van der Waals surface area contributed by atoms with Crippen molar-refractivity contribution in [3.8, 4) is 0 Å². The van der Waals surface area contributed by atoms with Crippen LogP contribution in [0.25, 0.3) is 0 Å². The number of hydrogen-bond acceptors (Lipinski definition) is 5. The number of aromatic nitrogens is 3. The van der Waals surface area contributed by atoms with Crippen LogP contribution in [0.15, 0.2) is 30.3 Å². The molecule has 9 heteroatoms. The lowest BCUT2D eigenvalue weighted by Gasteiger charge is -2.14. The minimum Gasteiger partial charge on any atom is -0.350 e. The van der Waals surface area contributed by atoms with Gasteiger partial charge < -0.3 is 16.4 Å². The highest BCUT2D eigenvalue weighted by Gasteiger charge is 2.26. The largest absolute Gasteiger partial charge is 0.350 e. The molecule has 4 rings (SSSR count). The maximum absolute atomic E-state index is 12.5. The molecule has 0 bridgehead atoms. The third-order valence-electron chi connectivity index (χ3n) is 5.26.